The van der Waals surface area contributed by atoms with Crippen LogP contribution in [0.5, 0.6) is 0 Å². The maximum absolute atomic E-state index is 12.8. The summed E-state index contributed by atoms with van der Waals surface area (Å²) in [7, 11) is 0. The summed E-state index contributed by atoms with van der Waals surface area (Å²) in [6.07, 6.45) is 5.59. The number of benzene rings is 1. The fourth-order valence-electron chi connectivity index (χ4n) is 4.10. The van der Waals surface area contributed by atoms with Crippen LogP contribution in [0.3, 0.4) is 0 Å². The van der Waals surface area contributed by atoms with Crippen LogP contribution < -0.4 is 4.90 Å². The van der Waals surface area contributed by atoms with Gasteiger partial charge in [-0.25, -0.2) is 0 Å². The molecule has 162 valence electrons. The molecular formula is C22H31N5O2S. The predicted molar refractivity (Wildman–Crippen MR) is 120 cm³/mol. The van der Waals surface area contributed by atoms with E-state index in [1.54, 1.807) is 0 Å². The summed E-state index contributed by atoms with van der Waals surface area (Å²) in [6, 6.07) is 8.38. The maximum atomic E-state index is 12.8. The number of para-hydroxylation sites is 1. The van der Waals surface area contributed by atoms with Crippen molar-refractivity contribution in [1.82, 2.24) is 19.7 Å². The smallest absolute Gasteiger partial charge is 0.233 e. The standard InChI is InChI=1S/C22H31N5O2S/c1-2-18-9-5-6-10-19(18)27-21(26-13-15-29-16-14-26)23-24-22(27)30-17-20(28)25-11-7-3-4-8-12-25/h5-6,9-10H,2-4,7-8,11-17H2,1H3. The van der Waals surface area contributed by atoms with Gasteiger partial charge in [-0.15, -0.1) is 10.2 Å². The van der Waals surface area contributed by atoms with E-state index in [1.165, 1.54) is 30.2 Å². The van der Waals surface area contributed by atoms with Crippen LogP contribution in [0.2, 0.25) is 0 Å². The molecule has 0 atom stereocenters. The van der Waals surface area contributed by atoms with E-state index >= 15 is 0 Å². The van der Waals surface area contributed by atoms with E-state index in [0.717, 1.165) is 62.2 Å². The first-order chi connectivity index (χ1) is 14.8. The van der Waals surface area contributed by atoms with Gasteiger partial charge in [-0.1, -0.05) is 49.7 Å². The van der Waals surface area contributed by atoms with Gasteiger partial charge in [-0.3, -0.25) is 9.36 Å². The third-order valence-electron chi connectivity index (χ3n) is 5.81. The first-order valence-corrected chi connectivity index (χ1v) is 12.0. The molecule has 0 radical (unpaired) electrons. The summed E-state index contributed by atoms with van der Waals surface area (Å²) in [4.78, 5) is 17.1. The Morgan fingerprint density at radius 2 is 1.77 bits per heavy atom. The maximum Gasteiger partial charge on any atom is 0.233 e. The molecule has 8 heteroatoms. The van der Waals surface area contributed by atoms with Crippen molar-refractivity contribution >= 4 is 23.6 Å². The van der Waals surface area contributed by atoms with Gasteiger partial charge in [-0.05, 0) is 30.9 Å². The summed E-state index contributed by atoms with van der Waals surface area (Å²) in [5, 5.41) is 9.81. The summed E-state index contributed by atoms with van der Waals surface area (Å²) in [5.74, 6) is 1.44. The summed E-state index contributed by atoms with van der Waals surface area (Å²) < 4.78 is 7.65. The lowest BCUT2D eigenvalue weighted by molar-refractivity contribution is -0.128. The zero-order valence-electron chi connectivity index (χ0n) is 17.8. The number of carbonyl (C=O) groups excluding carboxylic acids is 1. The molecule has 3 heterocycles. The molecule has 0 bridgehead atoms. The number of likely N-dealkylation sites (tertiary alicyclic amines) is 1. The quantitative estimate of drug-likeness (QED) is 0.658. The molecule has 0 spiro atoms. The van der Waals surface area contributed by atoms with Gasteiger partial charge in [0.25, 0.3) is 0 Å². The van der Waals surface area contributed by atoms with Crippen molar-refractivity contribution in [2.45, 2.75) is 44.2 Å². The molecule has 2 aliphatic rings. The molecule has 1 aromatic heterocycles. The highest BCUT2D eigenvalue weighted by Gasteiger charge is 2.24. The Balaban J connectivity index is 1.59. The van der Waals surface area contributed by atoms with Crippen molar-refractivity contribution in [2.75, 3.05) is 50.0 Å². The van der Waals surface area contributed by atoms with Crippen molar-refractivity contribution in [3.63, 3.8) is 0 Å². The number of ether oxygens (including phenoxy) is 1. The topological polar surface area (TPSA) is 63.5 Å². The molecule has 0 saturated carbocycles. The predicted octanol–water partition coefficient (Wildman–Crippen LogP) is 3.16. The lowest BCUT2D eigenvalue weighted by Crippen LogP contribution is -2.38. The van der Waals surface area contributed by atoms with Crippen LogP contribution in [-0.4, -0.2) is 70.7 Å². The number of thioether (sulfide) groups is 1. The van der Waals surface area contributed by atoms with Crippen LogP contribution in [0.15, 0.2) is 29.4 Å². The van der Waals surface area contributed by atoms with Gasteiger partial charge < -0.3 is 14.5 Å². The Morgan fingerprint density at radius 1 is 1.03 bits per heavy atom. The minimum absolute atomic E-state index is 0.202. The number of amides is 1. The molecular weight excluding hydrogens is 398 g/mol. The first kappa shape index (κ1) is 21.2. The Labute approximate surface area is 182 Å². The van der Waals surface area contributed by atoms with Crippen molar-refractivity contribution in [3.05, 3.63) is 29.8 Å². The Kier molecular flexibility index (Phi) is 7.28. The lowest BCUT2D eigenvalue weighted by atomic mass is 10.1. The van der Waals surface area contributed by atoms with E-state index < -0.39 is 0 Å². The fraction of sp³-hybridized carbons (Fsp3) is 0.591. The third-order valence-corrected chi connectivity index (χ3v) is 6.72. The van der Waals surface area contributed by atoms with Crippen LogP contribution in [-0.2, 0) is 16.0 Å². The van der Waals surface area contributed by atoms with Crippen LogP contribution in [0.1, 0.15) is 38.2 Å². The van der Waals surface area contributed by atoms with E-state index in [4.69, 9.17) is 4.74 Å². The number of hydrogen-bond acceptors (Lipinski definition) is 6. The second kappa shape index (κ2) is 10.3. The normalized spacial score (nSPS) is 17.8. The Bertz CT molecular complexity index is 842. The SMILES string of the molecule is CCc1ccccc1-n1c(SCC(=O)N2CCCCCC2)nnc1N1CCOCC1. The zero-order valence-corrected chi connectivity index (χ0v) is 18.6. The molecule has 30 heavy (non-hydrogen) atoms. The molecule has 0 N–H and O–H groups in total. The van der Waals surface area contributed by atoms with Crippen LogP contribution >= 0.6 is 11.8 Å². The molecule has 1 aromatic carbocycles. The molecule has 0 aliphatic carbocycles. The van der Waals surface area contributed by atoms with Gasteiger partial charge in [0, 0.05) is 26.2 Å². The van der Waals surface area contributed by atoms with Crippen molar-refractivity contribution in [1.29, 1.82) is 0 Å². The van der Waals surface area contributed by atoms with E-state index in [9.17, 15) is 4.79 Å². The molecule has 2 aromatic rings. The fourth-order valence-corrected chi connectivity index (χ4v) is 4.94. The number of rotatable bonds is 6. The van der Waals surface area contributed by atoms with E-state index in [0.29, 0.717) is 19.0 Å². The molecule has 0 unspecified atom stereocenters. The summed E-state index contributed by atoms with van der Waals surface area (Å²) in [5.41, 5.74) is 2.34. The number of aryl methyl sites for hydroxylation is 1. The number of morpholine rings is 1. The number of carbonyl (C=O) groups is 1. The monoisotopic (exact) mass is 429 g/mol. The minimum atomic E-state index is 0.202. The number of anilines is 1. The highest BCUT2D eigenvalue weighted by atomic mass is 32.2. The van der Waals surface area contributed by atoms with E-state index in [-0.39, 0.29) is 5.91 Å². The van der Waals surface area contributed by atoms with Gasteiger partial charge in [0.1, 0.15) is 0 Å². The average molecular weight is 430 g/mol. The van der Waals surface area contributed by atoms with Crippen molar-refractivity contribution in [3.8, 4) is 5.69 Å². The summed E-state index contributed by atoms with van der Waals surface area (Å²) in [6.45, 7) is 6.89. The molecule has 4 rings (SSSR count). The molecule has 2 fully saturated rings. The Hall–Kier alpha value is -2.06. The molecule has 2 saturated heterocycles. The largest absolute Gasteiger partial charge is 0.378 e. The third kappa shape index (κ3) is 4.81. The highest BCUT2D eigenvalue weighted by molar-refractivity contribution is 7.99. The lowest BCUT2D eigenvalue weighted by Gasteiger charge is -2.28. The molecule has 1 amide bonds. The summed E-state index contributed by atoms with van der Waals surface area (Å²) >= 11 is 1.49. The van der Waals surface area contributed by atoms with Gasteiger partial charge in [-0.2, -0.15) is 0 Å². The van der Waals surface area contributed by atoms with Crippen LogP contribution in [0.4, 0.5) is 5.95 Å². The van der Waals surface area contributed by atoms with Crippen molar-refractivity contribution < 1.29 is 9.53 Å². The second-order valence-corrected chi connectivity index (χ2v) is 8.73. The molecule has 2 aliphatic heterocycles. The zero-order chi connectivity index (χ0) is 20.8. The van der Waals surface area contributed by atoms with E-state index in [1.807, 2.05) is 4.90 Å². The minimum Gasteiger partial charge on any atom is -0.378 e. The van der Waals surface area contributed by atoms with Gasteiger partial charge in [0.2, 0.25) is 11.9 Å². The molecule has 7 nitrogen and oxygen atoms in total. The average Bonchev–Trinajstić information content (AvgIpc) is 3.02. The second-order valence-electron chi connectivity index (χ2n) is 7.78. The number of aromatic nitrogens is 3. The number of nitrogens with zero attached hydrogens (tertiary/aromatic N) is 5. The van der Waals surface area contributed by atoms with Gasteiger partial charge >= 0.3 is 0 Å². The van der Waals surface area contributed by atoms with Gasteiger partial charge in [0.15, 0.2) is 5.16 Å². The van der Waals surface area contributed by atoms with Crippen molar-refractivity contribution in [2.24, 2.45) is 0 Å². The van der Waals surface area contributed by atoms with E-state index in [2.05, 4.69) is 50.9 Å². The van der Waals surface area contributed by atoms with Gasteiger partial charge in [0.05, 0.1) is 24.7 Å². The van der Waals surface area contributed by atoms with Crippen LogP contribution in [0, 0.1) is 0 Å². The Morgan fingerprint density at radius 3 is 2.50 bits per heavy atom. The van der Waals surface area contributed by atoms with Crippen LogP contribution in [0.25, 0.3) is 5.69 Å². The first-order valence-electron chi connectivity index (χ1n) is 11.0. The highest BCUT2D eigenvalue weighted by Crippen LogP contribution is 2.29. The number of hydrogen-bond donors (Lipinski definition) is 0.